The first-order chi connectivity index (χ1) is 12.7. The number of hydrogen-bond donors (Lipinski definition) is 1. The van der Waals surface area contributed by atoms with E-state index < -0.39 is 5.54 Å². The molecule has 0 radical (unpaired) electrons. The second-order valence-electron chi connectivity index (χ2n) is 6.79. The van der Waals surface area contributed by atoms with Crippen molar-refractivity contribution in [2.75, 3.05) is 6.54 Å². The van der Waals surface area contributed by atoms with Crippen LogP contribution in [0.25, 0.3) is 22.3 Å². The molecule has 1 aliphatic heterocycles. The Hall–Kier alpha value is -3.39. The third kappa shape index (κ3) is 2.47. The van der Waals surface area contributed by atoms with Gasteiger partial charge in [-0.2, -0.15) is 15.6 Å². The first-order valence-corrected chi connectivity index (χ1v) is 8.54. The molecule has 0 spiro atoms. The number of piperidine rings is 1. The number of aromatic nitrogens is 5. The highest BCUT2D eigenvalue weighted by Crippen LogP contribution is 2.37. The number of fused-ring (bicyclic) bond motifs is 1. The number of hydrogen-bond acceptors (Lipinski definition) is 6. The molecule has 4 rings (SSSR count). The third-order valence-corrected chi connectivity index (χ3v) is 5.26. The van der Waals surface area contributed by atoms with E-state index in [1.54, 1.807) is 11.1 Å². The highest BCUT2D eigenvalue weighted by atomic mass is 15.3. The maximum atomic E-state index is 9.40. The molecule has 4 heterocycles. The molecule has 8 heteroatoms. The Bertz CT molecular complexity index is 1020. The lowest BCUT2D eigenvalue weighted by molar-refractivity contribution is 0.0947. The van der Waals surface area contributed by atoms with Crippen molar-refractivity contribution in [2.24, 2.45) is 0 Å². The lowest BCUT2D eigenvalue weighted by atomic mass is 9.81. The van der Waals surface area contributed by atoms with E-state index >= 15 is 0 Å². The van der Waals surface area contributed by atoms with Crippen molar-refractivity contribution < 1.29 is 0 Å². The number of H-pyrrole nitrogens is 1. The molecule has 0 aromatic carbocycles. The molecule has 0 aliphatic carbocycles. The molecule has 1 aliphatic rings. The van der Waals surface area contributed by atoms with Crippen LogP contribution in [0.5, 0.6) is 0 Å². The van der Waals surface area contributed by atoms with Gasteiger partial charge in [0.2, 0.25) is 0 Å². The van der Waals surface area contributed by atoms with Crippen LogP contribution in [0.15, 0.2) is 31.0 Å². The molecule has 0 amide bonds. The summed E-state index contributed by atoms with van der Waals surface area (Å²) in [4.78, 5) is 13.5. The van der Waals surface area contributed by atoms with Crippen molar-refractivity contribution in [3.63, 3.8) is 0 Å². The summed E-state index contributed by atoms with van der Waals surface area (Å²) in [6.07, 6.45) is 11.1. The van der Waals surface area contributed by atoms with Crippen molar-refractivity contribution in [1.82, 2.24) is 29.6 Å². The summed E-state index contributed by atoms with van der Waals surface area (Å²) in [5, 5.41) is 24.1. The number of nitrogens with one attached hydrogen (secondary N) is 1. The molecule has 2 unspecified atom stereocenters. The van der Waals surface area contributed by atoms with Gasteiger partial charge in [-0.25, -0.2) is 9.97 Å². The Balaban J connectivity index is 1.73. The monoisotopic (exact) mass is 346 g/mol. The van der Waals surface area contributed by atoms with E-state index in [9.17, 15) is 10.5 Å². The molecule has 3 aromatic rings. The van der Waals surface area contributed by atoms with E-state index in [1.807, 2.05) is 30.1 Å². The zero-order valence-corrected chi connectivity index (χ0v) is 14.4. The summed E-state index contributed by atoms with van der Waals surface area (Å²) in [5.41, 5.74) is 2.09. The van der Waals surface area contributed by atoms with E-state index in [0.29, 0.717) is 25.8 Å². The fraction of sp³-hybridized carbons (Fsp3) is 0.389. The predicted molar refractivity (Wildman–Crippen MR) is 94.3 cm³/mol. The van der Waals surface area contributed by atoms with E-state index in [-0.39, 0.29) is 6.04 Å². The summed E-state index contributed by atoms with van der Waals surface area (Å²) in [6.45, 7) is 2.65. The first-order valence-electron chi connectivity index (χ1n) is 8.54. The number of aromatic amines is 1. The Morgan fingerprint density at radius 3 is 3.04 bits per heavy atom. The minimum absolute atomic E-state index is 0.0742. The van der Waals surface area contributed by atoms with E-state index in [1.165, 1.54) is 6.33 Å². The van der Waals surface area contributed by atoms with Crippen LogP contribution in [0.1, 0.15) is 26.2 Å². The lowest BCUT2D eigenvalue weighted by Crippen LogP contribution is -2.49. The van der Waals surface area contributed by atoms with Gasteiger partial charge in [0.05, 0.1) is 29.9 Å². The Labute approximate surface area is 150 Å². The minimum atomic E-state index is -0.399. The molecule has 1 fully saturated rings. The summed E-state index contributed by atoms with van der Waals surface area (Å²) in [6, 6.07) is 4.33. The molecule has 1 saturated heterocycles. The van der Waals surface area contributed by atoms with E-state index in [4.69, 9.17) is 0 Å². The second-order valence-corrected chi connectivity index (χ2v) is 6.79. The third-order valence-electron chi connectivity index (χ3n) is 5.26. The van der Waals surface area contributed by atoms with Crippen LogP contribution in [-0.2, 0) is 5.54 Å². The number of likely N-dealkylation sites (tertiary alicyclic amines) is 1. The molecule has 0 bridgehead atoms. The zero-order chi connectivity index (χ0) is 18.1. The SMILES string of the molecule is CC1CC(CC#N)(n2cc(-c3ncnc4[nH]ccc34)cn2)CCN1C#N. The van der Waals surface area contributed by atoms with Crippen LogP contribution in [0, 0.1) is 22.8 Å². The minimum Gasteiger partial charge on any atom is -0.346 e. The highest BCUT2D eigenvalue weighted by molar-refractivity contribution is 5.89. The quantitative estimate of drug-likeness (QED) is 0.729. The Morgan fingerprint density at radius 1 is 1.38 bits per heavy atom. The van der Waals surface area contributed by atoms with Gasteiger partial charge in [-0.05, 0) is 25.8 Å². The Morgan fingerprint density at radius 2 is 2.27 bits per heavy atom. The van der Waals surface area contributed by atoms with Crippen molar-refractivity contribution in [3.8, 4) is 23.5 Å². The van der Waals surface area contributed by atoms with Crippen LogP contribution in [0.4, 0.5) is 0 Å². The molecular weight excluding hydrogens is 328 g/mol. The number of rotatable bonds is 3. The summed E-state index contributed by atoms with van der Waals surface area (Å²) in [5.74, 6) is 0. The van der Waals surface area contributed by atoms with Gasteiger partial charge in [-0.15, -0.1) is 0 Å². The molecule has 8 nitrogen and oxygen atoms in total. The fourth-order valence-electron chi connectivity index (χ4n) is 3.86. The fourth-order valence-corrected chi connectivity index (χ4v) is 3.86. The smallest absolute Gasteiger partial charge is 0.179 e. The van der Waals surface area contributed by atoms with Gasteiger partial charge in [-0.1, -0.05) is 0 Å². The molecule has 130 valence electrons. The number of nitrogens with zero attached hydrogens (tertiary/aromatic N) is 7. The zero-order valence-electron chi connectivity index (χ0n) is 14.4. The maximum absolute atomic E-state index is 9.40. The van der Waals surface area contributed by atoms with Crippen LogP contribution in [0.2, 0.25) is 0 Å². The molecular formula is C18H18N8. The van der Waals surface area contributed by atoms with Crippen LogP contribution in [-0.4, -0.2) is 42.2 Å². The molecule has 1 N–H and O–H groups in total. The largest absolute Gasteiger partial charge is 0.346 e. The molecule has 0 saturated carbocycles. The van der Waals surface area contributed by atoms with Gasteiger partial charge in [0, 0.05) is 35.9 Å². The van der Waals surface area contributed by atoms with Crippen LogP contribution in [0.3, 0.4) is 0 Å². The second kappa shape index (κ2) is 6.16. The lowest BCUT2D eigenvalue weighted by Gasteiger charge is -2.42. The molecule has 2 atom stereocenters. The van der Waals surface area contributed by atoms with Gasteiger partial charge in [0.1, 0.15) is 12.0 Å². The topological polar surface area (TPSA) is 110 Å². The predicted octanol–water partition coefficient (Wildman–Crippen LogP) is 2.40. The van der Waals surface area contributed by atoms with E-state index in [0.717, 1.165) is 22.3 Å². The normalized spacial score (nSPS) is 22.9. The first kappa shape index (κ1) is 16.1. The van der Waals surface area contributed by atoms with Gasteiger partial charge in [-0.3, -0.25) is 4.68 Å². The average molecular weight is 346 g/mol. The standard InChI is InChI=1S/C18H18N8/c1-13-8-18(3-5-19,4-7-25(13)11-20)26-10-14(9-24-26)16-15-2-6-21-17(15)23-12-22-16/h2,6,9-10,12-13H,3-4,7-8H2,1H3,(H,21,22,23). The van der Waals surface area contributed by atoms with Gasteiger partial charge in [0.25, 0.3) is 0 Å². The van der Waals surface area contributed by atoms with Crippen molar-refractivity contribution >= 4 is 11.0 Å². The Kier molecular flexibility index (Phi) is 3.81. The summed E-state index contributed by atoms with van der Waals surface area (Å²) in [7, 11) is 0. The molecule has 3 aromatic heterocycles. The van der Waals surface area contributed by atoms with Crippen molar-refractivity contribution in [1.29, 1.82) is 10.5 Å². The van der Waals surface area contributed by atoms with E-state index in [2.05, 4.69) is 32.3 Å². The van der Waals surface area contributed by atoms with Gasteiger partial charge >= 0.3 is 0 Å². The molecule has 26 heavy (non-hydrogen) atoms. The van der Waals surface area contributed by atoms with Crippen molar-refractivity contribution in [2.45, 2.75) is 37.8 Å². The van der Waals surface area contributed by atoms with Crippen molar-refractivity contribution in [3.05, 3.63) is 31.0 Å². The highest BCUT2D eigenvalue weighted by Gasteiger charge is 2.40. The van der Waals surface area contributed by atoms with Gasteiger partial charge < -0.3 is 9.88 Å². The van der Waals surface area contributed by atoms with Gasteiger partial charge in [0.15, 0.2) is 6.19 Å². The average Bonchev–Trinajstić information content (AvgIpc) is 3.31. The van der Waals surface area contributed by atoms with Crippen LogP contribution >= 0.6 is 0 Å². The maximum Gasteiger partial charge on any atom is 0.179 e. The summed E-state index contributed by atoms with van der Waals surface area (Å²) < 4.78 is 1.90. The van der Waals surface area contributed by atoms with Crippen LogP contribution < -0.4 is 0 Å². The summed E-state index contributed by atoms with van der Waals surface area (Å²) >= 11 is 0. The number of nitriles is 2.